The standard InChI is InChI=1S/C25H30N2O3/c1-6-16-30-22-14-10-20(11-15-22)17-24(28)26-23(7-2)25(29)27(5)19(4)21-12-8-18(3)9-13-21/h1,8-15,19,23H,7,16-17H2,2-5H3,(H,26,28). The SMILES string of the molecule is C#CCOc1ccc(CC(=O)NC(CC)C(=O)N(C)C(C)c2ccc(C)cc2)cc1. The smallest absolute Gasteiger partial charge is 0.245 e. The second-order valence-electron chi connectivity index (χ2n) is 7.38. The molecule has 0 saturated carbocycles. The predicted octanol–water partition coefficient (Wildman–Crippen LogP) is 3.66. The van der Waals surface area contributed by atoms with E-state index in [0.717, 1.165) is 11.1 Å². The normalized spacial score (nSPS) is 12.4. The van der Waals surface area contributed by atoms with Gasteiger partial charge in [-0.2, -0.15) is 0 Å². The molecule has 2 rings (SSSR count). The Morgan fingerprint density at radius 2 is 1.77 bits per heavy atom. The second kappa shape index (κ2) is 11.1. The Kier molecular flexibility index (Phi) is 8.49. The Morgan fingerprint density at radius 1 is 1.13 bits per heavy atom. The highest BCUT2D eigenvalue weighted by Crippen LogP contribution is 2.20. The summed E-state index contributed by atoms with van der Waals surface area (Å²) in [6.45, 7) is 6.12. The monoisotopic (exact) mass is 406 g/mol. The molecule has 0 spiro atoms. The molecule has 30 heavy (non-hydrogen) atoms. The van der Waals surface area contributed by atoms with Crippen LogP contribution in [0.15, 0.2) is 48.5 Å². The number of terminal acetylenes is 1. The molecule has 158 valence electrons. The molecule has 2 aromatic rings. The van der Waals surface area contributed by atoms with Gasteiger partial charge in [0.15, 0.2) is 0 Å². The molecule has 5 nitrogen and oxygen atoms in total. The maximum Gasteiger partial charge on any atom is 0.245 e. The van der Waals surface area contributed by atoms with E-state index >= 15 is 0 Å². The molecule has 2 amide bonds. The highest BCUT2D eigenvalue weighted by atomic mass is 16.5. The van der Waals surface area contributed by atoms with Crippen LogP contribution in [-0.4, -0.2) is 36.4 Å². The zero-order valence-electron chi connectivity index (χ0n) is 18.1. The van der Waals surface area contributed by atoms with Crippen molar-refractivity contribution < 1.29 is 14.3 Å². The van der Waals surface area contributed by atoms with Crippen LogP contribution < -0.4 is 10.1 Å². The van der Waals surface area contributed by atoms with Crippen molar-refractivity contribution in [3.05, 3.63) is 65.2 Å². The van der Waals surface area contributed by atoms with Crippen LogP contribution in [0.25, 0.3) is 0 Å². The fraction of sp³-hybridized carbons (Fsp3) is 0.360. The third kappa shape index (κ3) is 6.38. The molecule has 2 unspecified atom stereocenters. The van der Waals surface area contributed by atoms with Gasteiger partial charge >= 0.3 is 0 Å². The summed E-state index contributed by atoms with van der Waals surface area (Å²) >= 11 is 0. The zero-order valence-corrected chi connectivity index (χ0v) is 18.1. The minimum absolute atomic E-state index is 0.0837. The summed E-state index contributed by atoms with van der Waals surface area (Å²) < 4.78 is 5.33. The van der Waals surface area contributed by atoms with Crippen molar-refractivity contribution in [3.63, 3.8) is 0 Å². The van der Waals surface area contributed by atoms with Gasteiger partial charge < -0.3 is 15.0 Å². The Bertz CT molecular complexity index is 882. The summed E-state index contributed by atoms with van der Waals surface area (Å²) in [5.74, 6) is 2.78. The first-order valence-corrected chi connectivity index (χ1v) is 10.1. The van der Waals surface area contributed by atoms with E-state index in [9.17, 15) is 9.59 Å². The van der Waals surface area contributed by atoms with Crippen molar-refractivity contribution >= 4 is 11.8 Å². The van der Waals surface area contributed by atoms with Crippen LogP contribution >= 0.6 is 0 Å². The summed E-state index contributed by atoms with van der Waals surface area (Å²) in [5.41, 5.74) is 3.07. The predicted molar refractivity (Wildman–Crippen MR) is 119 cm³/mol. The van der Waals surface area contributed by atoms with Gasteiger partial charge in [0.25, 0.3) is 0 Å². The summed E-state index contributed by atoms with van der Waals surface area (Å²) in [7, 11) is 1.77. The summed E-state index contributed by atoms with van der Waals surface area (Å²) in [6, 6.07) is 14.7. The molecule has 2 atom stereocenters. The molecule has 2 aromatic carbocycles. The molecule has 0 bridgehead atoms. The number of aryl methyl sites for hydroxylation is 1. The molecular formula is C25H30N2O3. The average molecular weight is 407 g/mol. The molecule has 0 aliphatic rings. The van der Waals surface area contributed by atoms with Crippen LogP contribution in [0.3, 0.4) is 0 Å². The highest BCUT2D eigenvalue weighted by molar-refractivity contribution is 5.88. The van der Waals surface area contributed by atoms with Gasteiger partial charge in [-0.3, -0.25) is 9.59 Å². The van der Waals surface area contributed by atoms with Crippen LogP contribution in [0.5, 0.6) is 5.75 Å². The average Bonchev–Trinajstić information content (AvgIpc) is 2.76. The van der Waals surface area contributed by atoms with Gasteiger partial charge in [0.2, 0.25) is 11.8 Å². The maximum absolute atomic E-state index is 13.0. The third-order valence-corrected chi connectivity index (χ3v) is 5.14. The first kappa shape index (κ1) is 23.0. The molecule has 0 fully saturated rings. The first-order valence-electron chi connectivity index (χ1n) is 10.1. The van der Waals surface area contributed by atoms with E-state index < -0.39 is 6.04 Å². The van der Waals surface area contributed by atoms with Crippen LogP contribution in [0.1, 0.15) is 43.0 Å². The topological polar surface area (TPSA) is 58.6 Å². The Hall–Kier alpha value is -3.26. The number of benzene rings is 2. The van der Waals surface area contributed by atoms with Crippen molar-refractivity contribution in [2.45, 2.75) is 45.7 Å². The van der Waals surface area contributed by atoms with Gasteiger partial charge in [-0.15, -0.1) is 6.42 Å². The molecule has 1 N–H and O–H groups in total. The van der Waals surface area contributed by atoms with E-state index in [0.29, 0.717) is 12.2 Å². The zero-order chi connectivity index (χ0) is 22.1. The van der Waals surface area contributed by atoms with E-state index in [-0.39, 0.29) is 30.9 Å². The number of carbonyl (C=O) groups excluding carboxylic acids is 2. The van der Waals surface area contributed by atoms with Gasteiger partial charge in [-0.1, -0.05) is 54.8 Å². The Balaban J connectivity index is 1.95. The molecular weight excluding hydrogens is 376 g/mol. The van der Waals surface area contributed by atoms with Crippen LogP contribution in [0.4, 0.5) is 0 Å². The molecule has 0 radical (unpaired) electrons. The number of ether oxygens (including phenoxy) is 1. The van der Waals surface area contributed by atoms with Gasteiger partial charge in [0, 0.05) is 7.05 Å². The van der Waals surface area contributed by atoms with E-state index in [2.05, 4.69) is 11.2 Å². The van der Waals surface area contributed by atoms with E-state index in [1.807, 2.05) is 57.2 Å². The third-order valence-electron chi connectivity index (χ3n) is 5.14. The fourth-order valence-corrected chi connectivity index (χ4v) is 3.10. The van der Waals surface area contributed by atoms with Crippen molar-refractivity contribution in [1.82, 2.24) is 10.2 Å². The van der Waals surface area contributed by atoms with Gasteiger partial charge in [0.1, 0.15) is 18.4 Å². The number of carbonyl (C=O) groups is 2. The van der Waals surface area contributed by atoms with Gasteiger partial charge in [-0.25, -0.2) is 0 Å². The van der Waals surface area contributed by atoms with Crippen LogP contribution in [-0.2, 0) is 16.0 Å². The lowest BCUT2D eigenvalue weighted by Gasteiger charge is -2.29. The molecule has 5 heteroatoms. The lowest BCUT2D eigenvalue weighted by molar-refractivity contribution is -0.137. The minimum Gasteiger partial charge on any atom is -0.481 e. The van der Waals surface area contributed by atoms with Crippen molar-refractivity contribution in [2.75, 3.05) is 13.7 Å². The van der Waals surface area contributed by atoms with Gasteiger partial charge in [-0.05, 0) is 43.5 Å². The van der Waals surface area contributed by atoms with Crippen LogP contribution in [0, 0.1) is 19.3 Å². The molecule has 0 aromatic heterocycles. The quantitative estimate of drug-likeness (QED) is 0.647. The number of amides is 2. The number of nitrogens with zero attached hydrogens (tertiary/aromatic N) is 1. The van der Waals surface area contributed by atoms with Gasteiger partial charge in [0.05, 0.1) is 12.5 Å². The number of nitrogens with one attached hydrogen (secondary N) is 1. The molecule has 0 heterocycles. The van der Waals surface area contributed by atoms with Crippen molar-refractivity contribution in [3.8, 4) is 18.1 Å². The molecule has 0 aliphatic heterocycles. The maximum atomic E-state index is 13.0. The Morgan fingerprint density at radius 3 is 2.33 bits per heavy atom. The van der Waals surface area contributed by atoms with E-state index in [1.165, 1.54) is 5.56 Å². The second-order valence-corrected chi connectivity index (χ2v) is 7.38. The lowest BCUT2D eigenvalue weighted by Crippen LogP contribution is -2.48. The largest absolute Gasteiger partial charge is 0.481 e. The summed E-state index contributed by atoms with van der Waals surface area (Å²) in [4.78, 5) is 27.2. The van der Waals surface area contributed by atoms with E-state index in [1.54, 1.807) is 24.1 Å². The summed E-state index contributed by atoms with van der Waals surface area (Å²) in [6.07, 6.45) is 5.89. The number of likely N-dealkylation sites (N-methyl/N-ethyl adjacent to an activating group) is 1. The number of rotatable bonds is 9. The van der Waals surface area contributed by atoms with E-state index in [4.69, 9.17) is 11.2 Å². The highest BCUT2D eigenvalue weighted by Gasteiger charge is 2.25. The first-order chi connectivity index (χ1) is 14.3. The lowest BCUT2D eigenvalue weighted by atomic mass is 10.0. The van der Waals surface area contributed by atoms with Crippen LogP contribution in [0.2, 0.25) is 0 Å². The molecule has 0 saturated heterocycles. The number of hydrogen-bond acceptors (Lipinski definition) is 3. The molecule has 0 aliphatic carbocycles. The number of hydrogen-bond donors (Lipinski definition) is 1. The Labute approximate surface area is 179 Å². The fourth-order valence-electron chi connectivity index (χ4n) is 3.10. The minimum atomic E-state index is -0.561. The van der Waals surface area contributed by atoms with Crippen molar-refractivity contribution in [1.29, 1.82) is 0 Å². The summed E-state index contributed by atoms with van der Waals surface area (Å²) in [5, 5.41) is 2.87. The van der Waals surface area contributed by atoms with Crippen molar-refractivity contribution in [2.24, 2.45) is 0 Å².